The number of ether oxygens (including phenoxy) is 3. The highest BCUT2D eigenvalue weighted by molar-refractivity contribution is 5.95. The molecule has 0 aliphatic carbocycles. The summed E-state index contributed by atoms with van der Waals surface area (Å²) in [6.45, 7) is -0.547. The van der Waals surface area contributed by atoms with Gasteiger partial charge in [-0.25, -0.2) is 4.79 Å². The molecule has 1 aromatic rings. The molecule has 1 aromatic carbocycles. The van der Waals surface area contributed by atoms with Gasteiger partial charge in [0.1, 0.15) is 0 Å². The van der Waals surface area contributed by atoms with Gasteiger partial charge in [-0.2, -0.15) is 0 Å². The SMILES string of the molecule is COC(=O)[C@@H](CO)NC(=O)/C=C/c1cccc(OC)c1OC. The Balaban J connectivity index is 2.84. The van der Waals surface area contributed by atoms with Gasteiger partial charge in [-0.05, 0) is 12.1 Å². The number of methoxy groups -OCH3 is 3. The maximum absolute atomic E-state index is 11.8. The lowest BCUT2D eigenvalue weighted by Crippen LogP contribution is -2.43. The van der Waals surface area contributed by atoms with Crippen molar-refractivity contribution >= 4 is 18.0 Å². The summed E-state index contributed by atoms with van der Waals surface area (Å²) in [5, 5.41) is 11.4. The van der Waals surface area contributed by atoms with E-state index >= 15 is 0 Å². The number of aliphatic hydroxyl groups is 1. The number of carbonyl (C=O) groups is 2. The molecule has 1 rings (SSSR count). The van der Waals surface area contributed by atoms with Gasteiger partial charge < -0.3 is 24.6 Å². The average molecular weight is 309 g/mol. The molecular formula is C15H19NO6. The molecule has 0 radical (unpaired) electrons. The van der Waals surface area contributed by atoms with Crippen LogP contribution in [0.4, 0.5) is 0 Å². The number of aliphatic hydroxyl groups excluding tert-OH is 1. The van der Waals surface area contributed by atoms with E-state index in [2.05, 4.69) is 10.1 Å². The quantitative estimate of drug-likeness (QED) is 0.558. The minimum absolute atomic E-state index is 0.487. The molecule has 0 spiro atoms. The highest BCUT2D eigenvalue weighted by atomic mass is 16.5. The zero-order chi connectivity index (χ0) is 16.5. The first-order chi connectivity index (χ1) is 10.6. The highest BCUT2D eigenvalue weighted by Crippen LogP contribution is 2.31. The third-order valence-corrected chi connectivity index (χ3v) is 2.83. The molecular weight excluding hydrogens is 290 g/mol. The van der Waals surface area contributed by atoms with Crippen molar-refractivity contribution < 1.29 is 28.9 Å². The standard InChI is InChI=1S/C15H19NO6/c1-20-12-6-4-5-10(14(12)21-2)7-8-13(18)16-11(9-17)15(19)22-3/h4-8,11,17H,9H2,1-3H3,(H,16,18)/b8-7+/t11-/m1/s1. The third kappa shape index (κ3) is 4.49. The van der Waals surface area contributed by atoms with E-state index in [0.717, 1.165) is 0 Å². The largest absolute Gasteiger partial charge is 0.493 e. The second kappa shape index (κ2) is 8.68. The summed E-state index contributed by atoms with van der Waals surface area (Å²) in [6, 6.07) is 4.13. The Labute approximate surface area is 128 Å². The van der Waals surface area contributed by atoms with Crippen molar-refractivity contribution in [1.29, 1.82) is 0 Å². The van der Waals surface area contributed by atoms with Gasteiger partial charge in [0.05, 0.1) is 27.9 Å². The van der Waals surface area contributed by atoms with Crippen LogP contribution in [0, 0.1) is 0 Å². The molecule has 0 aliphatic rings. The maximum atomic E-state index is 11.8. The Morgan fingerprint density at radius 1 is 1.27 bits per heavy atom. The zero-order valence-electron chi connectivity index (χ0n) is 12.7. The Bertz CT molecular complexity index is 555. The summed E-state index contributed by atoms with van der Waals surface area (Å²) in [5.74, 6) is -0.244. The number of hydrogen-bond acceptors (Lipinski definition) is 6. The molecule has 0 fully saturated rings. The van der Waals surface area contributed by atoms with Crippen LogP contribution in [0.2, 0.25) is 0 Å². The van der Waals surface area contributed by atoms with Crippen molar-refractivity contribution in [2.45, 2.75) is 6.04 Å². The molecule has 0 unspecified atom stereocenters. The molecule has 1 amide bonds. The van der Waals surface area contributed by atoms with E-state index in [1.165, 1.54) is 33.5 Å². The van der Waals surface area contributed by atoms with Gasteiger partial charge in [-0.15, -0.1) is 0 Å². The van der Waals surface area contributed by atoms with Crippen molar-refractivity contribution in [3.63, 3.8) is 0 Å². The van der Waals surface area contributed by atoms with Crippen LogP contribution in [-0.4, -0.2) is 51.0 Å². The predicted octanol–water partition coefficient (Wildman–Crippen LogP) is 0.367. The minimum atomic E-state index is -1.10. The van der Waals surface area contributed by atoms with E-state index in [1.54, 1.807) is 18.2 Å². The molecule has 0 saturated heterocycles. The van der Waals surface area contributed by atoms with Crippen LogP contribution >= 0.6 is 0 Å². The van der Waals surface area contributed by atoms with E-state index in [9.17, 15) is 9.59 Å². The van der Waals surface area contributed by atoms with E-state index in [-0.39, 0.29) is 0 Å². The van der Waals surface area contributed by atoms with Crippen LogP contribution < -0.4 is 14.8 Å². The minimum Gasteiger partial charge on any atom is -0.493 e. The van der Waals surface area contributed by atoms with Crippen LogP contribution in [0.25, 0.3) is 6.08 Å². The highest BCUT2D eigenvalue weighted by Gasteiger charge is 2.19. The van der Waals surface area contributed by atoms with Crippen molar-refractivity contribution in [3.8, 4) is 11.5 Å². The van der Waals surface area contributed by atoms with Gasteiger partial charge in [-0.3, -0.25) is 4.79 Å². The second-order valence-corrected chi connectivity index (χ2v) is 4.18. The van der Waals surface area contributed by atoms with Crippen LogP contribution in [0.15, 0.2) is 24.3 Å². The molecule has 1 atom stereocenters. The Kier molecular flexibility index (Phi) is 6.91. The van der Waals surface area contributed by atoms with E-state index in [0.29, 0.717) is 17.1 Å². The lowest BCUT2D eigenvalue weighted by molar-refractivity contribution is -0.145. The zero-order valence-corrected chi connectivity index (χ0v) is 12.7. The number of amides is 1. The predicted molar refractivity (Wildman–Crippen MR) is 79.6 cm³/mol. The summed E-state index contributed by atoms with van der Waals surface area (Å²) in [6.07, 6.45) is 2.74. The van der Waals surface area contributed by atoms with Crippen molar-refractivity contribution in [2.24, 2.45) is 0 Å². The van der Waals surface area contributed by atoms with E-state index in [1.807, 2.05) is 0 Å². The summed E-state index contributed by atoms with van der Waals surface area (Å²) < 4.78 is 14.9. The molecule has 0 saturated carbocycles. The number of para-hydroxylation sites is 1. The molecule has 7 nitrogen and oxygen atoms in total. The number of nitrogens with one attached hydrogen (secondary N) is 1. The molecule has 0 aromatic heterocycles. The molecule has 0 heterocycles. The molecule has 7 heteroatoms. The Morgan fingerprint density at radius 2 is 2.00 bits per heavy atom. The Hall–Kier alpha value is -2.54. The monoisotopic (exact) mass is 309 g/mol. The van der Waals surface area contributed by atoms with Gasteiger partial charge in [0.15, 0.2) is 17.5 Å². The first-order valence-corrected chi connectivity index (χ1v) is 6.45. The van der Waals surface area contributed by atoms with Crippen molar-refractivity contribution in [2.75, 3.05) is 27.9 Å². The Morgan fingerprint density at radius 3 is 2.55 bits per heavy atom. The van der Waals surface area contributed by atoms with Crippen molar-refractivity contribution in [3.05, 3.63) is 29.8 Å². The topological polar surface area (TPSA) is 94.1 Å². The fraction of sp³-hybridized carbons (Fsp3) is 0.333. The molecule has 0 aliphatic heterocycles. The van der Waals surface area contributed by atoms with E-state index < -0.39 is 24.5 Å². The number of rotatable bonds is 7. The van der Waals surface area contributed by atoms with Gasteiger partial charge in [0, 0.05) is 11.6 Å². The number of esters is 1. The fourth-order valence-electron chi connectivity index (χ4n) is 1.75. The summed E-state index contributed by atoms with van der Waals surface area (Å²) >= 11 is 0. The molecule has 120 valence electrons. The van der Waals surface area contributed by atoms with Crippen molar-refractivity contribution in [1.82, 2.24) is 5.32 Å². The number of benzene rings is 1. The average Bonchev–Trinajstić information content (AvgIpc) is 2.56. The number of carbonyl (C=O) groups excluding carboxylic acids is 2. The first-order valence-electron chi connectivity index (χ1n) is 6.45. The van der Waals surface area contributed by atoms with Gasteiger partial charge in [0.25, 0.3) is 0 Å². The molecule has 2 N–H and O–H groups in total. The lowest BCUT2D eigenvalue weighted by Gasteiger charge is -2.12. The van der Waals surface area contributed by atoms with Crippen LogP contribution in [-0.2, 0) is 14.3 Å². The van der Waals surface area contributed by atoms with Crippen LogP contribution in [0.3, 0.4) is 0 Å². The van der Waals surface area contributed by atoms with Gasteiger partial charge in [0.2, 0.25) is 5.91 Å². The number of hydrogen-bond donors (Lipinski definition) is 2. The van der Waals surface area contributed by atoms with E-state index in [4.69, 9.17) is 14.6 Å². The first kappa shape index (κ1) is 17.5. The van der Waals surface area contributed by atoms with Gasteiger partial charge in [-0.1, -0.05) is 12.1 Å². The maximum Gasteiger partial charge on any atom is 0.330 e. The summed E-state index contributed by atoms with van der Waals surface area (Å²) in [7, 11) is 4.18. The van der Waals surface area contributed by atoms with Crippen LogP contribution in [0.5, 0.6) is 11.5 Å². The van der Waals surface area contributed by atoms with Gasteiger partial charge >= 0.3 is 5.97 Å². The third-order valence-electron chi connectivity index (χ3n) is 2.83. The normalized spacial score (nSPS) is 11.8. The smallest absolute Gasteiger partial charge is 0.330 e. The summed E-state index contributed by atoms with van der Waals surface area (Å²) in [5.41, 5.74) is 0.635. The fourth-order valence-corrected chi connectivity index (χ4v) is 1.75. The lowest BCUT2D eigenvalue weighted by atomic mass is 10.1. The van der Waals surface area contributed by atoms with Crippen LogP contribution in [0.1, 0.15) is 5.56 Å². The summed E-state index contributed by atoms with van der Waals surface area (Å²) in [4.78, 5) is 23.1. The second-order valence-electron chi connectivity index (χ2n) is 4.18. The molecule has 0 bridgehead atoms. The molecule has 22 heavy (non-hydrogen) atoms.